The second kappa shape index (κ2) is 5.70. The zero-order valence-electron chi connectivity index (χ0n) is 11.1. The predicted octanol–water partition coefficient (Wildman–Crippen LogP) is 4.53. The molecule has 20 heavy (non-hydrogen) atoms. The summed E-state index contributed by atoms with van der Waals surface area (Å²) in [4.78, 5) is 0. The molecule has 1 heteroatoms. The van der Waals surface area contributed by atoms with Crippen LogP contribution in [0.15, 0.2) is 91.0 Å². The number of rotatable bonds is 3. The van der Waals surface area contributed by atoms with Crippen LogP contribution >= 0.6 is 0 Å². The molecule has 0 heterocycles. The molecule has 0 N–H and O–H groups in total. The summed E-state index contributed by atoms with van der Waals surface area (Å²) in [5.41, 5.74) is 3.87. The molecule has 0 radical (unpaired) electrons. The van der Waals surface area contributed by atoms with Crippen LogP contribution in [-0.4, -0.2) is 0 Å². The molecule has 0 aliphatic rings. The first-order valence-corrected chi connectivity index (χ1v) is 7.40. The van der Waals surface area contributed by atoms with Crippen molar-refractivity contribution in [3.05, 3.63) is 108 Å². The summed E-state index contributed by atoms with van der Waals surface area (Å²) >= 11 is 2.87. The summed E-state index contributed by atoms with van der Waals surface area (Å²) in [7, 11) is 0. The van der Waals surface area contributed by atoms with Gasteiger partial charge in [-0.05, 0) is 0 Å². The van der Waals surface area contributed by atoms with Gasteiger partial charge in [0.25, 0.3) is 0 Å². The Kier molecular flexibility index (Phi) is 3.78. The van der Waals surface area contributed by atoms with Gasteiger partial charge >= 0.3 is 129 Å². The summed E-state index contributed by atoms with van der Waals surface area (Å²) in [6, 6.07) is 31.9. The van der Waals surface area contributed by atoms with Gasteiger partial charge in [0.2, 0.25) is 0 Å². The molecule has 0 saturated heterocycles. The standard InChI is InChI=1S/C19H15.V/c1-4-10-16(11-5-1)19(17-12-6-2-7-13-17)18-14-8-3-9-15-18;/h1-15H;. The molecule has 0 aliphatic carbocycles. The van der Waals surface area contributed by atoms with Crippen molar-refractivity contribution in [3.8, 4) is 0 Å². The van der Waals surface area contributed by atoms with E-state index >= 15 is 0 Å². The predicted molar refractivity (Wildman–Crippen MR) is 79.2 cm³/mol. The SMILES string of the molecule is [V][C](c1ccccc1)(c1ccccc1)c1ccccc1. The Hall–Kier alpha value is -1.76. The maximum atomic E-state index is 2.87. The first kappa shape index (κ1) is 13.2. The third-order valence-corrected chi connectivity index (χ3v) is 4.78. The van der Waals surface area contributed by atoms with Crippen LogP contribution in [-0.2, 0) is 21.6 Å². The fourth-order valence-corrected chi connectivity index (χ4v) is 3.24. The molecule has 0 aliphatic heterocycles. The summed E-state index contributed by atoms with van der Waals surface area (Å²) in [5, 5.41) is 0. The molecular formula is C19H15V. The molecule has 3 aromatic rings. The Morgan fingerprint density at radius 2 is 0.700 bits per heavy atom. The van der Waals surface area contributed by atoms with Crippen molar-refractivity contribution in [2.24, 2.45) is 0 Å². The van der Waals surface area contributed by atoms with Crippen molar-refractivity contribution in [1.29, 1.82) is 0 Å². The van der Waals surface area contributed by atoms with E-state index < -0.39 is 0 Å². The fourth-order valence-electron chi connectivity index (χ4n) is 2.54. The molecule has 3 aromatic carbocycles. The van der Waals surface area contributed by atoms with Gasteiger partial charge in [-0.15, -0.1) is 0 Å². The minimum atomic E-state index is -0.184. The molecule has 0 nitrogen and oxygen atoms in total. The van der Waals surface area contributed by atoms with Crippen LogP contribution in [0.4, 0.5) is 0 Å². The molecule has 3 rings (SSSR count). The van der Waals surface area contributed by atoms with E-state index in [0.29, 0.717) is 0 Å². The average Bonchev–Trinajstić information content (AvgIpc) is 2.56. The van der Waals surface area contributed by atoms with E-state index in [1.54, 1.807) is 0 Å². The van der Waals surface area contributed by atoms with Gasteiger partial charge < -0.3 is 0 Å². The Labute approximate surface area is 129 Å². The van der Waals surface area contributed by atoms with Crippen molar-refractivity contribution in [2.45, 2.75) is 4.13 Å². The van der Waals surface area contributed by atoms with Crippen LogP contribution in [0.2, 0.25) is 0 Å². The van der Waals surface area contributed by atoms with Crippen molar-refractivity contribution >= 4 is 0 Å². The van der Waals surface area contributed by atoms with Gasteiger partial charge in [0.1, 0.15) is 0 Å². The molecule has 0 unspecified atom stereocenters. The maximum absolute atomic E-state index is 2.87. The normalized spacial score (nSPS) is 11.2. The van der Waals surface area contributed by atoms with E-state index in [0.717, 1.165) is 0 Å². The first-order valence-electron chi connectivity index (χ1n) is 6.71. The Morgan fingerprint density at radius 1 is 0.450 bits per heavy atom. The topological polar surface area (TPSA) is 0 Å². The first-order chi connectivity index (χ1) is 9.82. The Balaban J connectivity index is 2.24. The van der Waals surface area contributed by atoms with Crippen molar-refractivity contribution in [3.63, 3.8) is 0 Å². The molecule has 0 aromatic heterocycles. The van der Waals surface area contributed by atoms with E-state index in [-0.39, 0.29) is 4.13 Å². The second-order valence-electron chi connectivity index (χ2n) is 4.81. The third kappa shape index (κ3) is 2.33. The quantitative estimate of drug-likeness (QED) is 0.623. The summed E-state index contributed by atoms with van der Waals surface area (Å²) in [6.45, 7) is 0. The van der Waals surface area contributed by atoms with Gasteiger partial charge in [0, 0.05) is 0 Å². The van der Waals surface area contributed by atoms with Crippen LogP contribution in [0.3, 0.4) is 0 Å². The van der Waals surface area contributed by atoms with Crippen LogP contribution in [0, 0.1) is 0 Å². The number of hydrogen-bond acceptors (Lipinski definition) is 0. The minimum absolute atomic E-state index is 0.184. The molecule has 0 spiro atoms. The summed E-state index contributed by atoms with van der Waals surface area (Å²) in [6.07, 6.45) is 0. The number of benzene rings is 3. The van der Waals surface area contributed by atoms with Gasteiger partial charge in [-0.25, -0.2) is 0 Å². The van der Waals surface area contributed by atoms with Gasteiger partial charge in [-0.3, -0.25) is 0 Å². The molecule has 0 bridgehead atoms. The van der Waals surface area contributed by atoms with Gasteiger partial charge in [-0.1, -0.05) is 0 Å². The summed E-state index contributed by atoms with van der Waals surface area (Å²) in [5.74, 6) is 0. The van der Waals surface area contributed by atoms with E-state index in [1.807, 2.05) is 0 Å². The Bertz CT molecular complexity index is 563. The van der Waals surface area contributed by atoms with Crippen molar-refractivity contribution in [1.82, 2.24) is 0 Å². The van der Waals surface area contributed by atoms with Gasteiger partial charge in [-0.2, -0.15) is 0 Å². The average molecular weight is 294 g/mol. The van der Waals surface area contributed by atoms with E-state index in [2.05, 4.69) is 108 Å². The zero-order chi connectivity index (χ0) is 13.8. The van der Waals surface area contributed by atoms with Crippen LogP contribution in [0.25, 0.3) is 0 Å². The van der Waals surface area contributed by atoms with Gasteiger partial charge in [0.05, 0.1) is 0 Å². The van der Waals surface area contributed by atoms with Gasteiger partial charge in [0.15, 0.2) is 0 Å². The molecule has 0 saturated carbocycles. The third-order valence-electron chi connectivity index (χ3n) is 3.57. The van der Waals surface area contributed by atoms with E-state index in [4.69, 9.17) is 0 Å². The van der Waals surface area contributed by atoms with Crippen LogP contribution < -0.4 is 0 Å². The van der Waals surface area contributed by atoms with Crippen molar-refractivity contribution < 1.29 is 17.4 Å². The Morgan fingerprint density at radius 3 is 0.950 bits per heavy atom. The summed E-state index contributed by atoms with van der Waals surface area (Å²) < 4.78 is -0.184. The van der Waals surface area contributed by atoms with Crippen molar-refractivity contribution in [2.75, 3.05) is 0 Å². The molecule has 96 valence electrons. The molecule has 0 fully saturated rings. The molecule has 0 amide bonds. The molecule has 0 atom stereocenters. The van der Waals surface area contributed by atoms with E-state index in [1.165, 1.54) is 16.7 Å². The fraction of sp³-hybridized carbons (Fsp3) is 0.0526. The number of hydrogen-bond donors (Lipinski definition) is 0. The molecular weight excluding hydrogens is 279 g/mol. The van der Waals surface area contributed by atoms with E-state index in [9.17, 15) is 0 Å². The van der Waals surface area contributed by atoms with Crippen LogP contribution in [0.5, 0.6) is 0 Å². The monoisotopic (exact) mass is 294 g/mol. The zero-order valence-corrected chi connectivity index (χ0v) is 12.5. The van der Waals surface area contributed by atoms with Crippen LogP contribution in [0.1, 0.15) is 16.7 Å². The second-order valence-corrected chi connectivity index (χ2v) is 5.86.